The van der Waals surface area contributed by atoms with Crippen molar-refractivity contribution >= 4 is 0 Å². The van der Waals surface area contributed by atoms with Crippen LogP contribution in [-0.2, 0) is 0 Å². The Kier molecular flexibility index (Phi) is 5.10. The largest absolute Gasteiger partial charge is 0.494 e. The maximum atomic E-state index is 5.51. The second-order valence-electron chi connectivity index (χ2n) is 5.52. The molecule has 0 radical (unpaired) electrons. The Morgan fingerprint density at radius 3 is 2.56 bits per heavy atom. The summed E-state index contributed by atoms with van der Waals surface area (Å²) in [6.07, 6.45) is 8.36. The first-order chi connectivity index (χ1) is 8.83. The number of benzene rings is 1. The highest BCUT2D eigenvalue weighted by Gasteiger charge is 2.22. The average molecular weight is 246 g/mol. The lowest BCUT2D eigenvalue weighted by Gasteiger charge is -2.29. The van der Waals surface area contributed by atoms with Gasteiger partial charge in [-0.25, -0.2) is 0 Å². The minimum Gasteiger partial charge on any atom is -0.494 e. The first-order valence-corrected chi connectivity index (χ1v) is 7.56. The van der Waals surface area contributed by atoms with Gasteiger partial charge in [0.2, 0.25) is 0 Å². The molecule has 0 bridgehead atoms. The molecular weight excluding hydrogens is 220 g/mol. The van der Waals surface area contributed by atoms with Gasteiger partial charge in [-0.3, -0.25) is 0 Å². The number of rotatable bonds is 5. The van der Waals surface area contributed by atoms with E-state index in [1.165, 1.54) is 44.1 Å². The van der Waals surface area contributed by atoms with Gasteiger partial charge in [0.05, 0.1) is 6.61 Å². The van der Waals surface area contributed by atoms with Crippen LogP contribution in [0.2, 0.25) is 0 Å². The van der Waals surface area contributed by atoms with Gasteiger partial charge in [-0.05, 0) is 49.3 Å². The third-order valence-corrected chi connectivity index (χ3v) is 4.14. The molecule has 0 amide bonds. The summed E-state index contributed by atoms with van der Waals surface area (Å²) in [5.74, 6) is 2.74. The third-order valence-electron chi connectivity index (χ3n) is 4.14. The highest BCUT2D eigenvalue weighted by Crippen LogP contribution is 2.38. The summed E-state index contributed by atoms with van der Waals surface area (Å²) in [4.78, 5) is 0. The molecule has 1 nitrogen and oxygen atoms in total. The van der Waals surface area contributed by atoms with E-state index < -0.39 is 0 Å². The maximum Gasteiger partial charge on any atom is 0.119 e. The van der Waals surface area contributed by atoms with E-state index in [0.717, 1.165) is 24.2 Å². The fourth-order valence-electron chi connectivity index (χ4n) is 3.27. The van der Waals surface area contributed by atoms with E-state index in [4.69, 9.17) is 4.74 Å². The Labute approximate surface area is 112 Å². The van der Waals surface area contributed by atoms with Gasteiger partial charge in [0.25, 0.3) is 0 Å². The molecule has 100 valence electrons. The van der Waals surface area contributed by atoms with Crippen molar-refractivity contribution in [2.24, 2.45) is 5.92 Å². The van der Waals surface area contributed by atoms with Gasteiger partial charge >= 0.3 is 0 Å². The van der Waals surface area contributed by atoms with E-state index in [1.807, 2.05) is 6.92 Å². The SMILES string of the molecule is CCC[C@H]1CCC[C@H](c2ccc(OCC)cc2)C1. The van der Waals surface area contributed by atoms with E-state index >= 15 is 0 Å². The van der Waals surface area contributed by atoms with Crippen molar-refractivity contribution < 1.29 is 4.74 Å². The van der Waals surface area contributed by atoms with Crippen LogP contribution in [0.25, 0.3) is 0 Å². The smallest absolute Gasteiger partial charge is 0.119 e. The molecule has 18 heavy (non-hydrogen) atoms. The zero-order valence-electron chi connectivity index (χ0n) is 11.8. The fraction of sp³-hybridized carbons (Fsp3) is 0.647. The molecule has 0 saturated heterocycles. The molecule has 1 aliphatic carbocycles. The average Bonchev–Trinajstić information content (AvgIpc) is 2.41. The maximum absolute atomic E-state index is 5.51. The molecule has 1 aromatic rings. The lowest BCUT2D eigenvalue weighted by Crippen LogP contribution is -2.14. The second kappa shape index (κ2) is 6.82. The zero-order chi connectivity index (χ0) is 12.8. The molecule has 1 fully saturated rings. The summed E-state index contributed by atoms with van der Waals surface area (Å²) in [7, 11) is 0. The van der Waals surface area contributed by atoms with Crippen molar-refractivity contribution in [2.75, 3.05) is 6.61 Å². The lowest BCUT2D eigenvalue weighted by atomic mass is 9.76. The predicted molar refractivity (Wildman–Crippen MR) is 77.2 cm³/mol. The number of hydrogen-bond acceptors (Lipinski definition) is 1. The molecular formula is C17H26O. The van der Waals surface area contributed by atoms with E-state index in [2.05, 4.69) is 31.2 Å². The van der Waals surface area contributed by atoms with Gasteiger partial charge < -0.3 is 4.74 Å². The lowest BCUT2D eigenvalue weighted by molar-refractivity contribution is 0.303. The van der Waals surface area contributed by atoms with Gasteiger partial charge in [-0.1, -0.05) is 44.7 Å². The summed E-state index contributed by atoms with van der Waals surface area (Å²) < 4.78 is 5.51. The van der Waals surface area contributed by atoms with E-state index in [9.17, 15) is 0 Å². The van der Waals surface area contributed by atoms with Crippen LogP contribution in [0, 0.1) is 5.92 Å². The van der Waals surface area contributed by atoms with Crippen molar-refractivity contribution in [1.82, 2.24) is 0 Å². The second-order valence-corrected chi connectivity index (χ2v) is 5.52. The van der Waals surface area contributed by atoms with Crippen LogP contribution in [0.4, 0.5) is 0 Å². The first kappa shape index (κ1) is 13.5. The van der Waals surface area contributed by atoms with Gasteiger partial charge in [0.15, 0.2) is 0 Å². The zero-order valence-corrected chi connectivity index (χ0v) is 11.8. The molecule has 1 saturated carbocycles. The van der Waals surface area contributed by atoms with Crippen molar-refractivity contribution in [1.29, 1.82) is 0 Å². The molecule has 0 unspecified atom stereocenters. The van der Waals surface area contributed by atoms with Crippen molar-refractivity contribution in [3.8, 4) is 5.75 Å². The Hall–Kier alpha value is -0.980. The third kappa shape index (κ3) is 3.51. The Balaban J connectivity index is 1.97. The van der Waals surface area contributed by atoms with Crippen molar-refractivity contribution in [3.63, 3.8) is 0 Å². The van der Waals surface area contributed by atoms with Crippen LogP contribution < -0.4 is 4.74 Å². The number of hydrogen-bond donors (Lipinski definition) is 0. The minimum absolute atomic E-state index is 0.751. The van der Waals surface area contributed by atoms with Crippen LogP contribution in [-0.4, -0.2) is 6.61 Å². The molecule has 2 rings (SSSR count). The topological polar surface area (TPSA) is 9.23 Å². The number of ether oxygens (including phenoxy) is 1. The van der Waals surface area contributed by atoms with Crippen LogP contribution in [0.5, 0.6) is 5.75 Å². The predicted octanol–water partition coefficient (Wildman–Crippen LogP) is 5.16. The van der Waals surface area contributed by atoms with Gasteiger partial charge in [-0.2, -0.15) is 0 Å². The normalized spacial score (nSPS) is 23.9. The molecule has 1 aliphatic rings. The van der Waals surface area contributed by atoms with E-state index in [-0.39, 0.29) is 0 Å². The van der Waals surface area contributed by atoms with Crippen molar-refractivity contribution in [2.45, 2.75) is 58.3 Å². The summed E-state index contributed by atoms with van der Waals surface area (Å²) in [6, 6.07) is 8.79. The van der Waals surface area contributed by atoms with Crippen LogP contribution >= 0.6 is 0 Å². The summed E-state index contributed by atoms with van der Waals surface area (Å²) in [5, 5.41) is 0. The molecule has 0 aliphatic heterocycles. The Bertz CT molecular complexity index is 339. The monoisotopic (exact) mass is 246 g/mol. The molecule has 0 heterocycles. The van der Waals surface area contributed by atoms with Crippen LogP contribution in [0.15, 0.2) is 24.3 Å². The van der Waals surface area contributed by atoms with E-state index in [0.29, 0.717) is 0 Å². The standard InChI is InChI=1S/C17H26O/c1-3-6-14-7-5-8-16(13-14)15-9-11-17(12-10-15)18-4-2/h9-12,14,16H,3-8,13H2,1-2H3/t14-,16-/m0/s1. The molecule has 2 atom stereocenters. The molecule has 1 heteroatoms. The first-order valence-electron chi connectivity index (χ1n) is 7.56. The quantitative estimate of drug-likeness (QED) is 0.697. The van der Waals surface area contributed by atoms with Gasteiger partial charge in [0, 0.05) is 0 Å². The van der Waals surface area contributed by atoms with E-state index in [1.54, 1.807) is 0 Å². The molecule has 0 aromatic heterocycles. The van der Waals surface area contributed by atoms with Gasteiger partial charge in [0.1, 0.15) is 5.75 Å². The van der Waals surface area contributed by atoms with Crippen LogP contribution in [0.1, 0.15) is 63.9 Å². The Morgan fingerprint density at radius 1 is 1.11 bits per heavy atom. The Morgan fingerprint density at radius 2 is 1.89 bits per heavy atom. The summed E-state index contributed by atoms with van der Waals surface area (Å²) >= 11 is 0. The highest BCUT2D eigenvalue weighted by molar-refractivity contribution is 5.29. The van der Waals surface area contributed by atoms with Crippen LogP contribution in [0.3, 0.4) is 0 Å². The highest BCUT2D eigenvalue weighted by atomic mass is 16.5. The summed E-state index contributed by atoms with van der Waals surface area (Å²) in [5.41, 5.74) is 1.51. The molecule has 0 spiro atoms. The summed E-state index contributed by atoms with van der Waals surface area (Å²) in [6.45, 7) is 5.09. The molecule has 1 aromatic carbocycles. The fourth-order valence-corrected chi connectivity index (χ4v) is 3.27. The van der Waals surface area contributed by atoms with Crippen molar-refractivity contribution in [3.05, 3.63) is 29.8 Å². The van der Waals surface area contributed by atoms with Gasteiger partial charge in [-0.15, -0.1) is 0 Å². The molecule has 0 N–H and O–H groups in total. The minimum atomic E-state index is 0.751.